The van der Waals surface area contributed by atoms with E-state index in [9.17, 15) is 22.0 Å². The zero-order valence-corrected chi connectivity index (χ0v) is 8.42. The lowest BCUT2D eigenvalue weighted by Gasteiger charge is -2.19. The fourth-order valence-electron chi connectivity index (χ4n) is 0.812. The van der Waals surface area contributed by atoms with Crippen molar-refractivity contribution in [3.05, 3.63) is 11.9 Å². The lowest BCUT2D eigenvalue weighted by atomic mass is 10.3. The standard InChI is InChI=1S/C8H7F5N2O2/c1-4-5(16)14-3-15-6(4)17-2-7(9,10)8(11,12)13/h3H,2H2,1H3,(H,14,15,16). The van der Waals surface area contributed by atoms with Crippen LogP contribution in [0.15, 0.2) is 6.33 Å². The number of ether oxygens (including phenoxy) is 1. The Bertz CT molecular complexity index is 407. The number of aromatic hydroxyl groups is 1. The van der Waals surface area contributed by atoms with Gasteiger partial charge in [-0.25, -0.2) is 9.97 Å². The van der Waals surface area contributed by atoms with Crippen LogP contribution in [0.4, 0.5) is 22.0 Å². The minimum atomic E-state index is -5.70. The molecule has 0 unspecified atom stereocenters. The zero-order chi connectivity index (χ0) is 13.3. The molecule has 1 rings (SSSR count). The second-order valence-electron chi connectivity index (χ2n) is 3.12. The highest BCUT2D eigenvalue weighted by Crippen LogP contribution is 2.36. The number of nitrogens with zero attached hydrogens (tertiary/aromatic N) is 2. The highest BCUT2D eigenvalue weighted by atomic mass is 19.4. The first-order valence-corrected chi connectivity index (χ1v) is 4.23. The normalized spacial score (nSPS) is 12.6. The summed E-state index contributed by atoms with van der Waals surface area (Å²) in [6, 6.07) is 0. The first-order valence-electron chi connectivity index (χ1n) is 4.23. The molecule has 17 heavy (non-hydrogen) atoms. The molecule has 0 aliphatic heterocycles. The largest absolute Gasteiger partial charge is 0.493 e. The fourth-order valence-corrected chi connectivity index (χ4v) is 0.812. The molecule has 0 atom stereocenters. The second kappa shape index (κ2) is 4.30. The summed E-state index contributed by atoms with van der Waals surface area (Å²) in [5, 5.41) is 9.05. The lowest BCUT2D eigenvalue weighted by molar-refractivity contribution is -0.290. The van der Waals surface area contributed by atoms with Gasteiger partial charge < -0.3 is 9.84 Å². The average molecular weight is 258 g/mol. The molecule has 96 valence electrons. The van der Waals surface area contributed by atoms with E-state index in [0.29, 0.717) is 0 Å². The summed E-state index contributed by atoms with van der Waals surface area (Å²) in [6.45, 7) is -0.690. The molecule has 0 saturated heterocycles. The first-order chi connectivity index (χ1) is 7.65. The Morgan fingerprint density at radius 1 is 1.24 bits per heavy atom. The lowest BCUT2D eigenvalue weighted by Crippen LogP contribution is -2.41. The van der Waals surface area contributed by atoms with Crippen LogP contribution in [0.2, 0.25) is 0 Å². The topological polar surface area (TPSA) is 55.2 Å². The van der Waals surface area contributed by atoms with Gasteiger partial charge in [0.2, 0.25) is 11.8 Å². The molecule has 0 fully saturated rings. The Hall–Kier alpha value is -1.67. The minimum Gasteiger partial charge on any atom is -0.493 e. The van der Waals surface area contributed by atoms with Gasteiger partial charge in [-0.1, -0.05) is 0 Å². The Morgan fingerprint density at radius 2 is 1.82 bits per heavy atom. The van der Waals surface area contributed by atoms with Crippen molar-refractivity contribution in [2.24, 2.45) is 0 Å². The number of aromatic nitrogens is 2. The van der Waals surface area contributed by atoms with Gasteiger partial charge in [-0.3, -0.25) is 0 Å². The van der Waals surface area contributed by atoms with E-state index in [-0.39, 0.29) is 5.56 Å². The van der Waals surface area contributed by atoms with Gasteiger partial charge in [0.05, 0.1) is 5.56 Å². The number of hydrogen-bond donors (Lipinski definition) is 1. The highest BCUT2D eigenvalue weighted by Gasteiger charge is 2.58. The smallest absolute Gasteiger partial charge is 0.456 e. The van der Waals surface area contributed by atoms with E-state index in [0.717, 1.165) is 6.33 Å². The average Bonchev–Trinajstić information content (AvgIpc) is 2.18. The zero-order valence-electron chi connectivity index (χ0n) is 8.42. The van der Waals surface area contributed by atoms with Crippen LogP contribution in [0.3, 0.4) is 0 Å². The molecule has 9 heteroatoms. The Morgan fingerprint density at radius 3 is 2.35 bits per heavy atom. The van der Waals surface area contributed by atoms with Crippen LogP contribution < -0.4 is 4.74 Å². The molecule has 1 aromatic rings. The summed E-state index contributed by atoms with van der Waals surface area (Å²) in [6.07, 6.45) is -4.92. The third-order valence-electron chi connectivity index (χ3n) is 1.82. The van der Waals surface area contributed by atoms with Crippen LogP contribution in [-0.4, -0.2) is 33.8 Å². The Kier molecular flexibility index (Phi) is 3.39. The van der Waals surface area contributed by atoms with Crippen molar-refractivity contribution in [3.63, 3.8) is 0 Å². The Labute approximate surface area is 92.1 Å². The van der Waals surface area contributed by atoms with Crippen LogP contribution in [0, 0.1) is 6.92 Å². The van der Waals surface area contributed by atoms with Crippen LogP contribution in [0.25, 0.3) is 0 Å². The maximum absolute atomic E-state index is 12.5. The van der Waals surface area contributed by atoms with Gasteiger partial charge in [-0.05, 0) is 6.92 Å². The van der Waals surface area contributed by atoms with Crippen molar-refractivity contribution in [1.82, 2.24) is 9.97 Å². The van der Waals surface area contributed by atoms with E-state index in [1.165, 1.54) is 6.92 Å². The van der Waals surface area contributed by atoms with Crippen molar-refractivity contribution in [3.8, 4) is 11.8 Å². The summed E-state index contributed by atoms with van der Waals surface area (Å²) in [4.78, 5) is 6.62. The molecule has 1 aromatic heterocycles. The van der Waals surface area contributed by atoms with Crippen LogP contribution >= 0.6 is 0 Å². The molecule has 0 aliphatic rings. The number of rotatable bonds is 3. The molecule has 0 radical (unpaired) electrons. The van der Waals surface area contributed by atoms with E-state index in [1.54, 1.807) is 0 Å². The van der Waals surface area contributed by atoms with Crippen molar-refractivity contribution in [2.75, 3.05) is 6.61 Å². The maximum Gasteiger partial charge on any atom is 0.456 e. The van der Waals surface area contributed by atoms with Crippen molar-refractivity contribution < 1.29 is 31.8 Å². The highest BCUT2D eigenvalue weighted by molar-refractivity contribution is 5.31. The van der Waals surface area contributed by atoms with Gasteiger partial charge in [0.25, 0.3) is 0 Å². The third-order valence-corrected chi connectivity index (χ3v) is 1.82. The van der Waals surface area contributed by atoms with E-state index < -0.39 is 30.5 Å². The van der Waals surface area contributed by atoms with E-state index in [1.807, 2.05) is 0 Å². The molecule has 0 bridgehead atoms. The number of hydrogen-bond acceptors (Lipinski definition) is 4. The third kappa shape index (κ3) is 2.92. The number of alkyl halides is 5. The van der Waals surface area contributed by atoms with Crippen molar-refractivity contribution >= 4 is 0 Å². The van der Waals surface area contributed by atoms with Crippen LogP contribution in [0.5, 0.6) is 11.8 Å². The molecule has 4 nitrogen and oxygen atoms in total. The molecule has 1 heterocycles. The molecule has 0 aliphatic carbocycles. The summed E-state index contributed by atoms with van der Waals surface area (Å²) in [7, 11) is 0. The fraction of sp³-hybridized carbons (Fsp3) is 0.500. The van der Waals surface area contributed by atoms with E-state index in [4.69, 9.17) is 5.11 Å². The molecule has 0 amide bonds. The number of halogens is 5. The molecule has 0 spiro atoms. The van der Waals surface area contributed by atoms with Gasteiger partial charge in [-0.2, -0.15) is 22.0 Å². The summed E-state index contributed by atoms with van der Waals surface area (Å²) < 4.78 is 64.6. The molecular formula is C8H7F5N2O2. The van der Waals surface area contributed by atoms with Gasteiger partial charge in [-0.15, -0.1) is 0 Å². The van der Waals surface area contributed by atoms with Gasteiger partial charge in [0.1, 0.15) is 6.33 Å². The van der Waals surface area contributed by atoms with E-state index in [2.05, 4.69) is 14.7 Å². The molecule has 1 N–H and O–H groups in total. The maximum atomic E-state index is 12.5. The minimum absolute atomic E-state index is 0.120. The summed E-state index contributed by atoms with van der Waals surface area (Å²) >= 11 is 0. The summed E-state index contributed by atoms with van der Waals surface area (Å²) in [5.74, 6) is -6.06. The van der Waals surface area contributed by atoms with Crippen molar-refractivity contribution in [1.29, 1.82) is 0 Å². The molecular weight excluding hydrogens is 251 g/mol. The SMILES string of the molecule is Cc1c(O)ncnc1OCC(F)(F)C(F)(F)F. The Balaban J connectivity index is 2.78. The first kappa shape index (κ1) is 13.4. The van der Waals surface area contributed by atoms with Crippen LogP contribution in [-0.2, 0) is 0 Å². The quantitative estimate of drug-likeness (QED) is 0.843. The molecule has 0 aromatic carbocycles. The summed E-state index contributed by atoms with van der Waals surface area (Å²) in [5.41, 5.74) is -0.120. The van der Waals surface area contributed by atoms with Crippen molar-refractivity contribution in [2.45, 2.75) is 19.0 Å². The van der Waals surface area contributed by atoms with Gasteiger partial charge in [0, 0.05) is 0 Å². The van der Waals surface area contributed by atoms with Crippen LogP contribution in [0.1, 0.15) is 5.56 Å². The predicted octanol–water partition coefficient (Wildman–Crippen LogP) is 2.07. The predicted molar refractivity (Wildman–Crippen MR) is 44.9 cm³/mol. The van der Waals surface area contributed by atoms with E-state index >= 15 is 0 Å². The van der Waals surface area contributed by atoms with Gasteiger partial charge in [0.15, 0.2) is 6.61 Å². The monoisotopic (exact) mass is 258 g/mol. The second-order valence-corrected chi connectivity index (χ2v) is 3.12. The molecule has 0 saturated carbocycles. The van der Waals surface area contributed by atoms with Gasteiger partial charge >= 0.3 is 12.1 Å².